The minimum Gasteiger partial charge on any atom is -0.478 e. The van der Waals surface area contributed by atoms with Gasteiger partial charge in [-0.25, -0.2) is 4.79 Å². The number of rotatable bonds is 1. The molecule has 2 N–H and O–H groups in total. The quantitative estimate of drug-likeness (QED) is 0.612. The van der Waals surface area contributed by atoms with Crippen molar-refractivity contribution in [1.82, 2.24) is 0 Å². The molecule has 2 rings (SSSR count). The molecule has 0 saturated heterocycles. The summed E-state index contributed by atoms with van der Waals surface area (Å²) in [4.78, 5) is 10.7. The fourth-order valence-electron chi connectivity index (χ4n) is 2.24. The lowest BCUT2D eigenvalue weighted by Gasteiger charge is -2.48. The topological polar surface area (TPSA) is 57.5 Å². The van der Waals surface area contributed by atoms with Crippen LogP contribution in [-0.2, 0) is 4.79 Å². The Morgan fingerprint density at radius 3 is 2.75 bits per heavy atom. The summed E-state index contributed by atoms with van der Waals surface area (Å²) in [5, 5.41) is 18.7. The van der Waals surface area contributed by atoms with E-state index in [4.69, 9.17) is 5.11 Å². The Morgan fingerprint density at radius 1 is 1.58 bits per heavy atom. The molecular formula is C9H12O3. The fourth-order valence-corrected chi connectivity index (χ4v) is 2.24. The van der Waals surface area contributed by atoms with Gasteiger partial charge in [0.15, 0.2) is 0 Å². The molecule has 0 aromatic rings. The van der Waals surface area contributed by atoms with Crippen LogP contribution in [0.15, 0.2) is 11.6 Å². The van der Waals surface area contributed by atoms with Crippen LogP contribution in [0.25, 0.3) is 0 Å². The van der Waals surface area contributed by atoms with Crippen molar-refractivity contribution in [3.05, 3.63) is 11.6 Å². The molecule has 3 nitrogen and oxygen atoms in total. The average molecular weight is 168 g/mol. The Morgan fingerprint density at radius 2 is 2.33 bits per heavy atom. The molecule has 66 valence electrons. The molecule has 0 aromatic carbocycles. The van der Waals surface area contributed by atoms with Gasteiger partial charge in [0, 0.05) is 0 Å². The van der Waals surface area contributed by atoms with Crippen molar-refractivity contribution in [3.8, 4) is 0 Å². The predicted octanol–water partition coefficient (Wildman–Crippen LogP) is 0.932. The SMILES string of the molecule is O=C(O)C1=CCCC2CCC12O. The Hall–Kier alpha value is -0.830. The minimum absolute atomic E-state index is 0.202. The van der Waals surface area contributed by atoms with Crippen LogP contribution in [0.1, 0.15) is 25.7 Å². The monoisotopic (exact) mass is 168 g/mol. The lowest BCUT2D eigenvalue weighted by atomic mass is 9.61. The molecule has 0 aliphatic heterocycles. The van der Waals surface area contributed by atoms with Gasteiger partial charge in [0.05, 0.1) is 11.2 Å². The standard InChI is InChI=1S/C9H12O3/c10-8(11)7-3-1-2-6-4-5-9(6,7)12/h3,6,12H,1-2,4-5H2,(H,10,11). The van der Waals surface area contributed by atoms with Crippen LogP contribution >= 0.6 is 0 Å². The second-order valence-corrected chi connectivity index (χ2v) is 3.66. The molecule has 1 fully saturated rings. The summed E-state index contributed by atoms with van der Waals surface area (Å²) in [5.41, 5.74) is -0.755. The highest BCUT2D eigenvalue weighted by Gasteiger charge is 2.51. The summed E-state index contributed by atoms with van der Waals surface area (Å²) in [7, 11) is 0. The van der Waals surface area contributed by atoms with E-state index in [1.54, 1.807) is 6.08 Å². The summed E-state index contributed by atoms with van der Waals surface area (Å²) < 4.78 is 0. The zero-order valence-electron chi connectivity index (χ0n) is 6.79. The van der Waals surface area contributed by atoms with Crippen molar-refractivity contribution in [1.29, 1.82) is 0 Å². The second-order valence-electron chi connectivity index (χ2n) is 3.66. The van der Waals surface area contributed by atoms with Gasteiger partial charge in [0.1, 0.15) is 0 Å². The molecule has 0 bridgehead atoms. The van der Waals surface area contributed by atoms with Gasteiger partial charge >= 0.3 is 5.97 Å². The number of aliphatic hydroxyl groups is 1. The van der Waals surface area contributed by atoms with E-state index >= 15 is 0 Å². The number of carboxylic acids is 1. The highest BCUT2D eigenvalue weighted by atomic mass is 16.4. The second kappa shape index (κ2) is 2.33. The van der Waals surface area contributed by atoms with Gasteiger partial charge < -0.3 is 10.2 Å². The third-order valence-corrected chi connectivity index (χ3v) is 3.11. The molecule has 2 unspecified atom stereocenters. The van der Waals surface area contributed by atoms with E-state index in [0.29, 0.717) is 6.42 Å². The fraction of sp³-hybridized carbons (Fsp3) is 0.667. The summed E-state index contributed by atoms with van der Waals surface area (Å²) in [6.07, 6.45) is 5.00. The maximum Gasteiger partial charge on any atom is 0.334 e. The van der Waals surface area contributed by atoms with Gasteiger partial charge in [-0.3, -0.25) is 0 Å². The third kappa shape index (κ3) is 0.829. The van der Waals surface area contributed by atoms with Gasteiger partial charge in [-0.2, -0.15) is 0 Å². The smallest absolute Gasteiger partial charge is 0.334 e. The van der Waals surface area contributed by atoms with Crippen molar-refractivity contribution in [2.45, 2.75) is 31.3 Å². The number of hydrogen-bond acceptors (Lipinski definition) is 2. The first-order valence-corrected chi connectivity index (χ1v) is 4.31. The zero-order chi connectivity index (χ0) is 8.77. The van der Waals surface area contributed by atoms with Crippen molar-refractivity contribution in [2.24, 2.45) is 5.92 Å². The van der Waals surface area contributed by atoms with Crippen LogP contribution in [0, 0.1) is 5.92 Å². The molecule has 0 radical (unpaired) electrons. The first kappa shape index (κ1) is 7.80. The molecule has 0 aromatic heterocycles. The lowest BCUT2D eigenvalue weighted by molar-refractivity contribution is -0.141. The molecule has 0 spiro atoms. The molecule has 2 atom stereocenters. The van der Waals surface area contributed by atoms with Crippen molar-refractivity contribution in [2.75, 3.05) is 0 Å². The minimum atomic E-state index is -0.982. The highest BCUT2D eigenvalue weighted by molar-refractivity contribution is 5.89. The molecule has 0 heterocycles. The summed E-state index contributed by atoms with van der Waals surface area (Å²) in [5.74, 6) is -0.754. The number of hydrogen-bond donors (Lipinski definition) is 2. The van der Waals surface area contributed by atoms with Crippen molar-refractivity contribution >= 4 is 5.97 Å². The van der Waals surface area contributed by atoms with Crippen LogP contribution < -0.4 is 0 Å². The van der Waals surface area contributed by atoms with Crippen molar-refractivity contribution in [3.63, 3.8) is 0 Å². The summed E-state index contributed by atoms with van der Waals surface area (Å²) in [6.45, 7) is 0. The van der Waals surface area contributed by atoms with Gasteiger partial charge in [-0.05, 0) is 31.6 Å². The van der Waals surface area contributed by atoms with Crippen LogP contribution in [0.3, 0.4) is 0 Å². The zero-order valence-corrected chi connectivity index (χ0v) is 6.79. The van der Waals surface area contributed by atoms with E-state index in [0.717, 1.165) is 19.3 Å². The first-order chi connectivity index (χ1) is 5.64. The maximum absolute atomic E-state index is 10.7. The number of carboxylic acid groups (broad SMARTS) is 1. The number of allylic oxidation sites excluding steroid dienone is 1. The van der Waals surface area contributed by atoms with E-state index in [2.05, 4.69) is 0 Å². The van der Waals surface area contributed by atoms with Crippen LogP contribution in [0.5, 0.6) is 0 Å². The van der Waals surface area contributed by atoms with Gasteiger partial charge in [-0.15, -0.1) is 0 Å². The van der Waals surface area contributed by atoms with Gasteiger partial charge in [0.25, 0.3) is 0 Å². The third-order valence-electron chi connectivity index (χ3n) is 3.11. The van der Waals surface area contributed by atoms with E-state index in [-0.39, 0.29) is 11.5 Å². The number of fused-ring (bicyclic) bond motifs is 1. The lowest BCUT2D eigenvalue weighted by Crippen LogP contribution is -2.52. The Kier molecular flexibility index (Phi) is 1.51. The van der Waals surface area contributed by atoms with E-state index in [9.17, 15) is 9.90 Å². The summed E-state index contributed by atoms with van der Waals surface area (Å²) >= 11 is 0. The van der Waals surface area contributed by atoms with E-state index in [1.807, 2.05) is 0 Å². The van der Waals surface area contributed by atoms with E-state index in [1.165, 1.54) is 0 Å². The Bertz CT molecular complexity index is 256. The Labute approximate surface area is 70.7 Å². The Balaban J connectivity index is 2.31. The summed E-state index contributed by atoms with van der Waals surface area (Å²) in [6, 6.07) is 0. The molecule has 3 heteroatoms. The first-order valence-electron chi connectivity index (χ1n) is 4.31. The van der Waals surface area contributed by atoms with Crippen molar-refractivity contribution < 1.29 is 15.0 Å². The van der Waals surface area contributed by atoms with Crippen LogP contribution in [0.2, 0.25) is 0 Å². The van der Waals surface area contributed by atoms with E-state index < -0.39 is 11.6 Å². The highest BCUT2D eigenvalue weighted by Crippen LogP contribution is 2.49. The van der Waals surface area contributed by atoms with Gasteiger partial charge in [0.2, 0.25) is 0 Å². The number of carbonyl (C=O) groups is 1. The largest absolute Gasteiger partial charge is 0.478 e. The molecule has 2 aliphatic rings. The number of aliphatic carboxylic acids is 1. The van der Waals surface area contributed by atoms with Gasteiger partial charge in [-0.1, -0.05) is 6.08 Å². The maximum atomic E-state index is 10.7. The predicted molar refractivity (Wildman–Crippen MR) is 42.6 cm³/mol. The normalized spacial score (nSPS) is 39.4. The molecular weight excluding hydrogens is 156 g/mol. The average Bonchev–Trinajstić information content (AvgIpc) is 1.98. The molecule has 12 heavy (non-hydrogen) atoms. The van der Waals surface area contributed by atoms with Crippen LogP contribution in [-0.4, -0.2) is 21.8 Å². The molecule has 2 aliphatic carbocycles. The molecule has 1 saturated carbocycles. The molecule has 0 amide bonds. The van der Waals surface area contributed by atoms with Crippen LogP contribution in [0.4, 0.5) is 0 Å².